The maximum atomic E-state index is 6.04. The van der Waals surface area contributed by atoms with Crippen LogP contribution >= 0.6 is 0 Å². The molecule has 3 rings (SSSR count). The van der Waals surface area contributed by atoms with Crippen LogP contribution in [0.15, 0.2) is 54.6 Å². The average molecular weight is 310 g/mol. The molecule has 0 saturated carbocycles. The fraction of sp³-hybridized carbons (Fsp3) is 0.429. The van der Waals surface area contributed by atoms with E-state index in [1.54, 1.807) is 0 Å². The molecule has 2 nitrogen and oxygen atoms in total. The number of rotatable bonds is 4. The molecular formula is C21H30N2. The van der Waals surface area contributed by atoms with E-state index in [2.05, 4.69) is 47.4 Å². The molecule has 1 aliphatic heterocycles. The van der Waals surface area contributed by atoms with Crippen molar-refractivity contribution in [1.82, 2.24) is 4.90 Å². The fourth-order valence-electron chi connectivity index (χ4n) is 3.22. The van der Waals surface area contributed by atoms with Gasteiger partial charge < -0.3 is 5.73 Å². The molecule has 0 atom stereocenters. The van der Waals surface area contributed by atoms with Gasteiger partial charge in [-0.25, -0.2) is 0 Å². The van der Waals surface area contributed by atoms with Crippen LogP contribution in [-0.4, -0.2) is 18.0 Å². The summed E-state index contributed by atoms with van der Waals surface area (Å²) in [5.74, 6) is 0.830. The number of hydrogen-bond donors (Lipinski definition) is 1. The molecule has 1 aliphatic rings. The molecule has 0 aromatic heterocycles. The van der Waals surface area contributed by atoms with Crippen LogP contribution < -0.4 is 5.73 Å². The second-order valence-electron chi connectivity index (χ2n) is 6.11. The van der Waals surface area contributed by atoms with Gasteiger partial charge in [0, 0.05) is 12.2 Å². The summed E-state index contributed by atoms with van der Waals surface area (Å²) in [6.07, 6.45) is 3.81. The Kier molecular flexibility index (Phi) is 7.15. The van der Waals surface area contributed by atoms with Crippen LogP contribution in [0.2, 0.25) is 0 Å². The average Bonchev–Trinajstić information content (AvgIpc) is 2.61. The highest BCUT2D eigenvalue weighted by atomic mass is 15.1. The van der Waals surface area contributed by atoms with Crippen molar-refractivity contribution in [3.63, 3.8) is 0 Å². The monoisotopic (exact) mass is 310 g/mol. The van der Waals surface area contributed by atoms with Crippen LogP contribution in [0.1, 0.15) is 37.8 Å². The molecule has 23 heavy (non-hydrogen) atoms. The Morgan fingerprint density at radius 3 is 2.17 bits per heavy atom. The number of para-hydroxylation sites is 1. The third kappa shape index (κ3) is 5.40. The standard InChI is InChI=1S/C19H24N2.C2H6/c20-19-9-5-4-8-18(19)15-21-12-10-17(11-13-21)14-16-6-2-1-3-7-16;1-2/h1-9,17H,10-15,20H2;1-2H3. The van der Waals surface area contributed by atoms with E-state index in [4.69, 9.17) is 5.73 Å². The number of piperidine rings is 1. The third-order valence-electron chi connectivity index (χ3n) is 4.52. The zero-order valence-electron chi connectivity index (χ0n) is 14.5. The van der Waals surface area contributed by atoms with Gasteiger partial charge in [-0.2, -0.15) is 0 Å². The molecule has 0 unspecified atom stereocenters. The summed E-state index contributed by atoms with van der Waals surface area (Å²) in [4.78, 5) is 2.53. The topological polar surface area (TPSA) is 29.3 Å². The summed E-state index contributed by atoms with van der Waals surface area (Å²) in [5.41, 5.74) is 9.70. The summed E-state index contributed by atoms with van der Waals surface area (Å²) >= 11 is 0. The van der Waals surface area contributed by atoms with Gasteiger partial charge in [0.15, 0.2) is 0 Å². The molecule has 0 bridgehead atoms. The van der Waals surface area contributed by atoms with Gasteiger partial charge in [-0.15, -0.1) is 0 Å². The van der Waals surface area contributed by atoms with E-state index in [1.165, 1.54) is 43.5 Å². The molecule has 0 aliphatic carbocycles. The molecule has 0 spiro atoms. The number of nitrogens with zero attached hydrogens (tertiary/aromatic N) is 1. The molecule has 2 heteroatoms. The van der Waals surface area contributed by atoms with E-state index in [0.717, 1.165) is 18.2 Å². The van der Waals surface area contributed by atoms with E-state index >= 15 is 0 Å². The van der Waals surface area contributed by atoms with Crippen LogP contribution in [0.5, 0.6) is 0 Å². The van der Waals surface area contributed by atoms with Gasteiger partial charge in [0.1, 0.15) is 0 Å². The van der Waals surface area contributed by atoms with Crippen LogP contribution in [0.4, 0.5) is 5.69 Å². The van der Waals surface area contributed by atoms with Gasteiger partial charge in [0.05, 0.1) is 0 Å². The van der Waals surface area contributed by atoms with Crippen molar-refractivity contribution in [2.45, 2.75) is 39.7 Å². The van der Waals surface area contributed by atoms with Gasteiger partial charge in [-0.05, 0) is 55.5 Å². The van der Waals surface area contributed by atoms with Crippen molar-refractivity contribution < 1.29 is 0 Å². The SMILES string of the molecule is CC.Nc1ccccc1CN1CCC(Cc2ccccc2)CC1. The van der Waals surface area contributed by atoms with E-state index in [9.17, 15) is 0 Å². The van der Waals surface area contributed by atoms with Crippen molar-refractivity contribution in [3.8, 4) is 0 Å². The first-order chi connectivity index (χ1) is 11.3. The van der Waals surface area contributed by atoms with E-state index in [1.807, 2.05) is 26.0 Å². The Hall–Kier alpha value is -1.80. The van der Waals surface area contributed by atoms with Gasteiger partial charge in [-0.1, -0.05) is 62.4 Å². The number of nitrogens with two attached hydrogens (primary N) is 1. The zero-order chi connectivity index (χ0) is 16.5. The smallest absolute Gasteiger partial charge is 0.0359 e. The van der Waals surface area contributed by atoms with Crippen molar-refractivity contribution in [1.29, 1.82) is 0 Å². The Bertz CT molecular complexity index is 557. The number of benzene rings is 2. The van der Waals surface area contributed by atoms with E-state index in [-0.39, 0.29) is 0 Å². The first-order valence-electron chi connectivity index (χ1n) is 8.91. The van der Waals surface area contributed by atoms with Crippen molar-refractivity contribution in [2.75, 3.05) is 18.8 Å². The lowest BCUT2D eigenvalue weighted by Gasteiger charge is -2.32. The van der Waals surface area contributed by atoms with Crippen LogP contribution in [0.25, 0.3) is 0 Å². The Morgan fingerprint density at radius 1 is 0.913 bits per heavy atom. The summed E-state index contributed by atoms with van der Waals surface area (Å²) in [5, 5.41) is 0. The molecule has 1 saturated heterocycles. The van der Waals surface area contributed by atoms with E-state index in [0.29, 0.717) is 0 Å². The minimum Gasteiger partial charge on any atom is -0.398 e. The Balaban J connectivity index is 0.000000924. The predicted molar refractivity (Wildman–Crippen MR) is 100 cm³/mol. The first-order valence-corrected chi connectivity index (χ1v) is 8.91. The largest absolute Gasteiger partial charge is 0.398 e. The highest BCUT2D eigenvalue weighted by Crippen LogP contribution is 2.23. The number of hydrogen-bond acceptors (Lipinski definition) is 2. The molecule has 1 heterocycles. The third-order valence-corrected chi connectivity index (χ3v) is 4.52. The highest BCUT2D eigenvalue weighted by Gasteiger charge is 2.19. The Labute approximate surface area is 141 Å². The molecule has 2 aromatic carbocycles. The highest BCUT2D eigenvalue weighted by molar-refractivity contribution is 5.46. The van der Waals surface area contributed by atoms with Gasteiger partial charge in [0.2, 0.25) is 0 Å². The first kappa shape index (κ1) is 17.6. The lowest BCUT2D eigenvalue weighted by atomic mass is 9.90. The lowest BCUT2D eigenvalue weighted by molar-refractivity contribution is 0.177. The van der Waals surface area contributed by atoms with E-state index < -0.39 is 0 Å². The molecule has 124 valence electrons. The molecule has 0 radical (unpaired) electrons. The zero-order valence-corrected chi connectivity index (χ0v) is 14.5. The summed E-state index contributed by atoms with van der Waals surface area (Å²) < 4.78 is 0. The minimum atomic E-state index is 0.830. The maximum absolute atomic E-state index is 6.04. The number of nitrogen functional groups attached to an aromatic ring is 1. The maximum Gasteiger partial charge on any atom is 0.0359 e. The predicted octanol–water partition coefficient (Wildman–Crippen LogP) is 4.75. The molecule has 0 amide bonds. The number of anilines is 1. The van der Waals surface area contributed by atoms with Gasteiger partial charge in [-0.3, -0.25) is 4.90 Å². The van der Waals surface area contributed by atoms with Crippen LogP contribution in [0.3, 0.4) is 0 Å². The lowest BCUT2D eigenvalue weighted by Crippen LogP contribution is -2.34. The van der Waals surface area contributed by atoms with Gasteiger partial charge >= 0.3 is 0 Å². The molecular weight excluding hydrogens is 280 g/mol. The summed E-state index contributed by atoms with van der Waals surface area (Å²) in [7, 11) is 0. The molecule has 1 fully saturated rings. The minimum absolute atomic E-state index is 0.830. The normalized spacial score (nSPS) is 15.7. The second kappa shape index (κ2) is 9.36. The summed E-state index contributed by atoms with van der Waals surface area (Å²) in [6, 6.07) is 19.1. The quantitative estimate of drug-likeness (QED) is 0.826. The second-order valence-corrected chi connectivity index (χ2v) is 6.11. The van der Waals surface area contributed by atoms with Crippen LogP contribution in [0, 0.1) is 5.92 Å². The van der Waals surface area contributed by atoms with Crippen LogP contribution in [-0.2, 0) is 13.0 Å². The summed E-state index contributed by atoms with van der Waals surface area (Å²) in [6.45, 7) is 7.36. The van der Waals surface area contributed by atoms with Crippen molar-refractivity contribution in [3.05, 3.63) is 65.7 Å². The fourth-order valence-corrected chi connectivity index (χ4v) is 3.22. The van der Waals surface area contributed by atoms with Gasteiger partial charge in [0.25, 0.3) is 0 Å². The molecule has 2 N–H and O–H groups in total. The van der Waals surface area contributed by atoms with Crippen molar-refractivity contribution in [2.24, 2.45) is 5.92 Å². The molecule has 2 aromatic rings. The Morgan fingerprint density at radius 2 is 1.52 bits per heavy atom. The van der Waals surface area contributed by atoms with Crippen molar-refractivity contribution >= 4 is 5.69 Å². The number of likely N-dealkylation sites (tertiary alicyclic amines) is 1.